The maximum Gasteiger partial charge on any atom is 0.245 e. The zero-order chi connectivity index (χ0) is 18.6. The third-order valence-electron chi connectivity index (χ3n) is 3.24. The minimum absolute atomic E-state index is 0.230. The van der Waals surface area contributed by atoms with Gasteiger partial charge in [0.25, 0.3) is 0 Å². The number of methoxy groups -OCH3 is 1. The van der Waals surface area contributed by atoms with E-state index in [4.69, 9.17) is 27.9 Å². The minimum atomic E-state index is -3.70. The molecule has 0 bridgehead atoms. The van der Waals surface area contributed by atoms with E-state index in [9.17, 15) is 13.2 Å². The van der Waals surface area contributed by atoms with Crippen molar-refractivity contribution in [2.75, 3.05) is 29.5 Å². The van der Waals surface area contributed by atoms with Crippen LogP contribution in [0.4, 0.5) is 11.4 Å². The molecule has 0 fully saturated rings. The van der Waals surface area contributed by atoms with E-state index in [1.165, 1.54) is 19.2 Å². The summed E-state index contributed by atoms with van der Waals surface area (Å²) in [6.07, 6.45) is 1.01. The lowest BCUT2D eigenvalue weighted by Crippen LogP contribution is -2.37. The number of nitrogens with one attached hydrogen (secondary N) is 1. The third kappa shape index (κ3) is 5.01. The number of carbonyl (C=O) groups excluding carboxylic acids is 1. The number of anilines is 2. The van der Waals surface area contributed by atoms with E-state index in [0.29, 0.717) is 16.5 Å². The minimum Gasteiger partial charge on any atom is -0.495 e. The van der Waals surface area contributed by atoms with Gasteiger partial charge in [-0.15, -0.1) is 0 Å². The summed E-state index contributed by atoms with van der Waals surface area (Å²) >= 11 is 12.1. The highest BCUT2D eigenvalue weighted by atomic mass is 35.5. The van der Waals surface area contributed by atoms with Gasteiger partial charge >= 0.3 is 0 Å². The Morgan fingerprint density at radius 1 is 1.16 bits per heavy atom. The average Bonchev–Trinajstić information content (AvgIpc) is 2.52. The first-order chi connectivity index (χ1) is 11.7. The van der Waals surface area contributed by atoms with Gasteiger partial charge in [0.1, 0.15) is 12.3 Å². The van der Waals surface area contributed by atoms with Gasteiger partial charge in [-0.05, 0) is 30.3 Å². The van der Waals surface area contributed by atoms with Crippen LogP contribution in [-0.2, 0) is 14.8 Å². The Hall–Kier alpha value is -1.96. The molecule has 2 rings (SSSR count). The van der Waals surface area contributed by atoms with E-state index in [0.717, 1.165) is 10.6 Å². The normalized spacial score (nSPS) is 11.0. The Kier molecular flexibility index (Phi) is 6.16. The second kappa shape index (κ2) is 7.95. The third-order valence-corrected chi connectivity index (χ3v) is 4.99. The van der Waals surface area contributed by atoms with E-state index in [1.807, 2.05) is 0 Å². The number of amides is 1. The van der Waals surface area contributed by atoms with Crippen LogP contribution in [-0.4, -0.2) is 34.2 Å². The summed E-state index contributed by atoms with van der Waals surface area (Å²) in [7, 11) is -2.23. The largest absolute Gasteiger partial charge is 0.495 e. The molecule has 0 saturated heterocycles. The van der Waals surface area contributed by atoms with Crippen LogP contribution >= 0.6 is 23.2 Å². The van der Waals surface area contributed by atoms with Crippen molar-refractivity contribution in [1.29, 1.82) is 0 Å². The Balaban J connectivity index is 2.21. The lowest BCUT2D eigenvalue weighted by atomic mass is 10.3. The number of carbonyl (C=O) groups is 1. The molecule has 0 aliphatic rings. The molecule has 0 spiro atoms. The van der Waals surface area contributed by atoms with Crippen LogP contribution in [0.5, 0.6) is 5.75 Å². The molecule has 0 heterocycles. The number of halogens is 2. The monoisotopic (exact) mass is 402 g/mol. The molecule has 25 heavy (non-hydrogen) atoms. The first-order valence-electron chi connectivity index (χ1n) is 7.08. The molecule has 0 unspecified atom stereocenters. The van der Waals surface area contributed by atoms with Crippen LogP contribution in [0.15, 0.2) is 42.5 Å². The predicted molar refractivity (Wildman–Crippen MR) is 100 cm³/mol. The van der Waals surface area contributed by atoms with E-state index in [1.54, 1.807) is 30.3 Å². The second-order valence-electron chi connectivity index (χ2n) is 5.12. The van der Waals surface area contributed by atoms with E-state index >= 15 is 0 Å². The first kappa shape index (κ1) is 19.4. The zero-order valence-electron chi connectivity index (χ0n) is 13.5. The molecule has 0 aliphatic heterocycles. The maximum absolute atomic E-state index is 12.3. The Bertz CT molecular complexity index is 887. The van der Waals surface area contributed by atoms with E-state index in [2.05, 4.69) is 5.32 Å². The molecule has 1 N–H and O–H groups in total. The maximum atomic E-state index is 12.3. The van der Waals surface area contributed by atoms with Gasteiger partial charge in [-0.25, -0.2) is 8.42 Å². The number of rotatable bonds is 6. The predicted octanol–water partition coefficient (Wildman–Crippen LogP) is 3.41. The van der Waals surface area contributed by atoms with Crippen molar-refractivity contribution >= 4 is 50.5 Å². The van der Waals surface area contributed by atoms with Gasteiger partial charge in [-0.2, -0.15) is 0 Å². The number of para-hydroxylation sites is 1. The van der Waals surface area contributed by atoms with Crippen molar-refractivity contribution in [2.45, 2.75) is 0 Å². The molecule has 0 aliphatic carbocycles. The molecule has 0 radical (unpaired) electrons. The fourth-order valence-corrected chi connectivity index (χ4v) is 3.52. The lowest BCUT2D eigenvalue weighted by Gasteiger charge is -2.22. The zero-order valence-corrected chi connectivity index (χ0v) is 15.8. The molecule has 0 aromatic heterocycles. The molecule has 1 amide bonds. The Labute approximate surface area is 156 Å². The smallest absolute Gasteiger partial charge is 0.245 e. The fourth-order valence-electron chi connectivity index (χ4n) is 2.11. The number of benzene rings is 2. The summed E-state index contributed by atoms with van der Waals surface area (Å²) in [4.78, 5) is 12.3. The molecular weight excluding hydrogens is 387 g/mol. The number of ether oxygens (including phenoxy) is 1. The number of hydrogen-bond acceptors (Lipinski definition) is 4. The summed E-state index contributed by atoms with van der Waals surface area (Å²) in [6, 6.07) is 11.1. The summed E-state index contributed by atoms with van der Waals surface area (Å²) in [6.45, 7) is -0.424. The molecule has 0 saturated carbocycles. The van der Waals surface area contributed by atoms with Gasteiger partial charge in [0.05, 0.1) is 29.1 Å². The summed E-state index contributed by atoms with van der Waals surface area (Å²) in [5.41, 5.74) is 0.651. The van der Waals surface area contributed by atoms with Gasteiger partial charge < -0.3 is 10.1 Å². The summed E-state index contributed by atoms with van der Waals surface area (Å²) in [5, 5.41) is 3.15. The standard InChI is InChI=1S/C16H16Cl2N2O4S/c1-24-15-8-7-11(9-13(15)18)19-16(21)10-20(25(2,22)23)14-6-4-3-5-12(14)17/h3-9H,10H2,1-2H3,(H,19,21). The average molecular weight is 403 g/mol. The van der Waals surface area contributed by atoms with Crippen molar-refractivity contribution in [3.8, 4) is 5.75 Å². The van der Waals surface area contributed by atoms with Crippen LogP contribution < -0.4 is 14.4 Å². The van der Waals surface area contributed by atoms with E-state index < -0.39 is 22.5 Å². The molecule has 9 heteroatoms. The Morgan fingerprint density at radius 2 is 1.84 bits per heavy atom. The van der Waals surface area contributed by atoms with Gasteiger partial charge in [0.15, 0.2) is 0 Å². The first-order valence-corrected chi connectivity index (χ1v) is 9.68. The second-order valence-corrected chi connectivity index (χ2v) is 7.84. The lowest BCUT2D eigenvalue weighted by molar-refractivity contribution is -0.114. The molecule has 2 aromatic carbocycles. The SMILES string of the molecule is COc1ccc(NC(=O)CN(c2ccccc2Cl)S(C)(=O)=O)cc1Cl. The van der Waals surface area contributed by atoms with Crippen molar-refractivity contribution in [3.63, 3.8) is 0 Å². The number of sulfonamides is 1. The van der Waals surface area contributed by atoms with Crippen molar-refractivity contribution in [2.24, 2.45) is 0 Å². The molecule has 0 atom stereocenters. The van der Waals surface area contributed by atoms with Gasteiger partial charge in [0, 0.05) is 5.69 Å². The molecule has 2 aromatic rings. The fraction of sp³-hybridized carbons (Fsp3) is 0.188. The van der Waals surface area contributed by atoms with Crippen molar-refractivity contribution in [1.82, 2.24) is 0 Å². The van der Waals surface area contributed by atoms with Gasteiger partial charge in [-0.1, -0.05) is 35.3 Å². The van der Waals surface area contributed by atoms with Crippen LogP contribution in [0.1, 0.15) is 0 Å². The van der Waals surface area contributed by atoms with Crippen LogP contribution in [0.25, 0.3) is 0 Å². The topological polar surface area (TPSA) is 75.7 Å². The van der Waals surface area contributed by atoms with E-state index in [-0.39, 0.29) is 10.7 Å². The molecule has 134 valence electrons. The van der Waals surface area contributed by atoms with Gasteiger partial charge in [-0.3, -0.25) is 9.10 Å². The number of hydrogen-bond donors (Lipinski definition) is 1. The van der Waals surface area contributed by atoms with Crippen LogP contribution in [0, 0.1) is 0 Å². The van der Waals surface area contributed by atoms with Gasteiger partial charge in [0.2, 0.25) is 15.9 Å². The quantitative estimate of drug-likeness (QED) is 0.802. The molecular formula is C16H16Cl2N2O4S. The Morgan fingerprint density at radius 3 is 2.40 bits per heavy atom. The van der Waals surface area contributed by atoms with Crippen LogP contribution in [0.3, 0.4) is 0 Å². The molecule has 6 nitrogen and oxygen atoms in total. The highest BCUT2D eigenvalue weighted by Gasteiger charge is 2.22. The van der Waals surface area contributed by atoms with Crippen molar-refractivity contribution in [3.05, 3.63) is 52.5 Å². The highest BCUT2D eigenvalue weighted by Crippen LogP contribution is 2.28. The number of nitrogens with zero attached hydrogens (tertiary/aromatic N) is 1. The van der Waals surface area contributed by atoms with Crippen molar-refractivity contribution < 1.29 is 17.9 Å². The summed E-state index contributed by atoms with van der Waals surface area (Å²) < 4.78 is 30.1. The van der Waals surface area contributed by atoms with Crippen LogP contribution in [0.2, 0.25) is 10.0 Å². The highest BCUT2D eigenvalue weighted by molar-refractivity contribution is 7.92. The summed E-state index contributed by atoms with van der Waals surface area (Å²) in [5.74, 6) is -0.0694.